The number of aromatic nitrogens is 3. The molecule has 0 aromatic carbocycles. The highest BCUT2D eigenvalue weighted by atomic mass is 32.1. The Morgan fingerprint density at radius 3 is 3.10 bits per heavy atom. The molecule has 0 aliphatic carbocycles. The molecule has 0 radical (unpaired) electrons. The number of ether oxygens (including phenoxy) is 1. The van der Waals surface area contributed by atoms with Gasteiger partial charge in [0.15, 0.2) is 0 Å². The Bertz CT molecular complexity index is 580. The quantitative estimate of drug-likeness (QED) is 0.850. The number of rotatable bonds is 5. The fraction of sp³-hybridized carbons (Fsp3) is 0.600. The first-order valence-electron chi connectivity index (χ1n) is 7.45. The minimum Gasteiger partial charge on any atom is -0.375 e. The Labute approximate surface area is 129 Å². The van der Waals surface area contributed by atoms with E-state index in [2.05, 4.69) is 37.9 Å². The highest BCUT2D eigenvalue weighted by Gasteiger charge is 2.21. The molecular formula is C15H22N4OS. The van der Waals surface area contributed by atoms with E-state index in [1.807, 2.05) is 13.1 Å². The Kier molecular flexibility index (Phi) is 4.67. The van der Waals surface area contributed by atoms with Crippen LogP contribution >= 0.6 is 11.3 Å². The number of imidazole rings is 1. The van der Waals surface area contributed by atoms with Gasteiger partial charge in [-0.15, -0.1) is 11.3 Å². The van der Waals surface area contributed by atoms with E-state index in [0.29, 0.717) is 12.5 Å². The summed E-state index contributed by atoms with van der Waals surface area (Å²) in [5, 5.41) is 3.18. The van der Waals surface area contributed by atoms with Crippen LogP contribution < -0.4 is 0 Å². The zero-order valence-electron chi connectivity index (χ0n) is 12.7. The normalized spacial score (nSPS) is 19.4. The van der Waals surface area contributed by atoms with Crippen molar-refractivity contribution < 1.29 is 4.74 Å². The number of hydrogen-bond donors (Lipinski definition) is 0. The largest absolute Gasteiger partial charge is 0.375 e. The lowest BCUT2D eigenvalue weighted by Gasteiger charge is -2.22. The fourth-order valence-electron chi connectivity index (χ4n) is 2.77. The molecule has 0 amide bonds. The maximum Gasteiger partial charge on any atom is 0.122 e. The van der Waals surface area contributed by atoms with Crippen molar-refractivity contribution in [1.82, 2.24) is 19.4 Å². The molecule has 3 heterocycles. The standard InChI is InChI=1S/C15H22N4OS/c1-3-18-6-13(7-19-5-4-16-15(19)8-18)9-20-10-14-11-21-12(2)17-14/h4-5,11,13H,3,6-10H2,1-2H3/t13-/m0/s1. The number of hydrogen-bond acceptors (Lipinski definition) is 5. The predicted molar refractivity (Wildman–Crippen MR) is 83.2 cm³/mol. The van der Waals surface area contributed by atoms with Crippen molar-refractivity contribution >= 4 is 11.3 Å². The molecule has 0 fully saturated rings. The molecule has 1 aliphatic heterocycles. The third kappa shape index (κ3) is 3.70. The maximum absolute atomic E-state index is 5.90. The lowest BCUT2D eigenvalue weighted by Crippen LogP contribution is -2.30. The molecule has 114 valence electrons. The molecular weight excluding hydrogens is 284 g/mol. The highest BCUT2D eigenvalue weighted by Crippen LogP contribution is 2.16. The van der Waals surface area contributed by atoms with Crippen molar-refractivity contribution in [3.05, 3.63) is 34.3 Å². The van der Waals surface area contributed by atoms with Crippen molar-refractivity contribution in [3.8, 4) is 0 Å². The van der Waals surface area contributed by atoms with Gasteiger partial charge in [-0.05, 0) is 13.5 Å². The summed E-state index contributed by atoms with van der Waals surface area (Å²) < 4.78 is 8.16. The second-order valence-electron chi connectivity index (χ2n) is 5.56. The predicted octanol–water partition coefficient (Wildman–Crippen LogP) is 2.32. The summed E-state index contributed by atoms with van der Waals surface area (Å²) >= 11 is 1.68. The van der Waals surface area contributed by atoms with E-state index in [1.165, 1.54) is 0 Å². The SMILES string of the molecule is CCN1Cc2nccn2C[C@@H](COCc2csc(C)n2)C1. The highest BCUT2D eigenvalue weighted by molar-refractivity contribution is 7.09. The van der Waals surface area contributed by atoms with Crippen LogP contribution in [0.3, 0.4) is 0 Å². The van der Waals surface area contributed by atoms with Gasteiger partial charge in [-0.3, -0.25) is 4.90 Å². The molecule has 5 nitrogen and oxygen atoms in total. The van der Waals surface area contributed by atoms with Crippen molar-refractivity contribution in [2.45, 2.75) is 33.5 Å². The van der Waals surface area contributed by atoms with Gasteiger partial charge in [-0.1, -0.05) is 6.92 Å². The molecule has 0 saturated heterocycles. The van der Waals surface area contributed by atoms with Crippen LogP contribution in [0, 0.1) is 12.8 Å². The van der Waals surface area contributed by atoms with E-state index in [9.17, 15) is 0 Å². The molecule has 0 spiro atoms. The summed E-state index contributed by atoms with van der Waals surface area (Å²) in [6.45, 7) is 9.65. The Hall–Kier alpha value is -1.24. The van der Waals surface area contributed by atoms with Gasteiger partial charge >= 0.3 is 0 Å². The van der Waals surface area contributed by atoms with Crippen LogP contribution in [-0.4, -0.2) is 39.1 Å². The van der Waals surface area contributed by atoms with E-state index in [-0.39, 0.29) is 0 Å². The first-order chi connectivity index (χ1) is 10.2. The number of fused-ring (bicyclic) bond motifs is 1. The van der Waals surface area contributed by atoms with Crippen LogP contribution in [0.2, 0.25) is 0 Å². The van der Waals surface area contributed by atoms with Crippen LogP contribution in [0.15, 0.2) is 17.8 Å². The monoisotopic (exact) mass is 306 g/mol. The molecule has 2 aromatic rings. The molecule has 2 aromatic heterocycles. The van der Waals surface area contributed by atoms with Crippen molar-refractivity contribution in [3.63, 3.8) is 0 Å². The average Bonchev–Trinajstić information content (AvgIpc) is 3.04. The summed E-state index contributed by atoms with van der Waals surface area (Å²) in [5.41, 5.74) is 1.04. The van der Waals surface area contributed by atoms with E-state index in [4.69, 9.17) is 4.74 Å². The molecule has 1 aliphatic rings. The molecule has 3 rings (SSSR count). The molecule has 21 heavy (non-hydrogen) atoms. The van der Waals surface area contributed by atoms with Gasteiger partial charge in [0.05, 0.1) is 30.5 Å². The molecule has 0 unspecified atom stereocenters. The third-order valence-corrected chi connectivity index (χ3v) is 4.68. The van der Waals surface area contributed by atoms with Gasteiger partial charge in [0.25, 0.3) is 0 Å². The van der Waals surface area contributed by atoms with Crippen molar-refractivity contribution in [1.29, 1.82) is 0 Å². The first-order valence-corrected chi connectivity index (χ1v) is 8.33. The van der Waals surface area contributed by atoms with Gasteiger partial charge in [-0.25, -0.2) is 9.97 Å². The second-order valence-corrected chi connectivity index (χ2v) is 6.62. The number of nitrogens with zero attached hydrogens (tertiary/aromatic N) is 4. The summed E-state index contributed by atoms with van der Waals surface area (Å²) in [6.07, 6.45) is 3.97. The smallest absolute Gasteiger partial charge is 0.122 e. The lowest BCUT2D eigenvalue weighted by atomic mass is 10.1. The summed E-state index contributed by atoms with van der Waals surface area (Å²) in [7, 11) is 0. The summed E-state index contributed by atoms with van der Waals surface area (Å²) in [5.74, 6) is 1.66. The van der Waals surface area contributed by atoms with E-state index in [0.717, 1.165) is 49.3 Å². The lowest BCUT2D eigenvalue weighted by molar-refractivity contribution is 0.0671. The van der Waals surface area contributed by atoms with Crippen molar-refractivity contribution in [2.24, 2.45) is 5.92 Å². The van der Waals surface area contributed by atoms with Crippen LogP contribution in [0.5, 0.6) is 0 Å². The van der Waals surface area contributed by atoms with Crippen LogP contribution in [0.25, 0.3) is 0 Å². The van der Waals surface area contributed by atoms with E-state index < -0.39 is 0 Å². The van der Waals surface area contributed by atoms with Gasteiger partial charge in [0.1, 0.15) is 5.82 Å². The Morgan fingerprint density at radius 1 is 1.43 bits per heavy atom. The maximum atomic E-state index is 5.90. The van der Waals surface area contributed by atoms with Gasteiger partial charge in [0, 0.05) is 36.8 Å². The Balaban J connectivity index is 1.57. The Morgan fingerprint density at radius 2 is 2.33 bits per heavy atom. The average molecular weight is 306 g/mol. The summed E-state index contributed by atoms with van der Waals surface area (Å²) in [4.78, 5) is 11.3. The van der Waals surface area contributed by atoms with Gasteiger partial charge in [-0.2, -0.15) is 0 Å². The third-order valence-electron chi connectivity index (χ3n) is 3.86. The first kappa shape index (κ1) is 14.7. The molecule has 0 saturated carbocycles. The number of thiazole rings is 1. The second kappa shape index (κ2) is 6.68. The fourth-order valence-corrected chi connectivity index (χ4v) is 3.37. The topological polar surface area (TPSA) is 43.2 Å². The van der Waals surface area contributed by atoms with Crippen LogP contribution in [0.1, 0.15) is 23.4 Å². The molecule has 1 atom stereocenters. The van der Waals surface area contributed by atoms with Crippen LogP contribution in [0.4, 0.5) is 0 Å². The minimum absolute atomic E-state index is 0.500. The van der Waals surface area contributed by atoms with E-state index >= 15 is 0 Å². The van der Waals surface area contributed by atoms with E-state index in [1.54, 1.807) is 11.3 Å². The number of aryl methyl sites for hydroxylation is 1. The molecule has 0 N–H and O–H groups in total. The zero-order chi connectivity index (χ0) is 14.7. The zero-order valence-corrected chi connectivity index (χ0v) is 13.5. The van der Waals surface area contributed by atoms with Crippen molar-refractivity contribution in [2.75, 3.05) is 19.7 Å². The van der Waals surface area contributed by atoms with Gasteiger partial charge in [0.2, 0.25) is 0 Å². The van der Waals surface area contributed by atoms with Gasteiger partial charge < -0.3 is 9.30 Å². The molecule has 6 heteroatoms. The minimum atomic E-state index is 0.500. The summed E-state index contributed by atoms with van der Waals surface area (Å²) in [6, 6.07) is 0. The van der Waals surface area contributed by atoms with Crippen LogP contribution in [-0.2, 0) is 24.4 Å². The molecule has 0 bridgehead atoms.